The van der Waals surface area contributed by atoms with Gasteiger partial charge in [0, 0.05) is 4.47 Å². The summed E-state index contributed by atoms with van der Waals surface area (Å²) in [6.07, 6.45) is 0. The molecule has 0 aliphatic rings. The predicted octanol–water partition coefficient (Wildman–Crippen LogP) is 3.88. The summed E-state index contributed by atoms with van der Waals surface area (Å²) >= 11 is 9.38. The summed E-state index contributed by atoms with van der Waals surface area (Å²) < 4.78 is 1.57. The Balaban J connectivity index is 3.43. The Morgan fingerprint density at radius 1 is 1.17 bits per heavy atom. The van der Waals surface area contributed by atoms with Crippen molar-refractivity contribution < 1.29 is 4.92 Å². The molecule has 0 heterocycles. The van der Waals surface area contributed by atoms with E-state index in [9.17, 15) is 10.1 Å². The van der Waals surface area contributed by atoms with E-state index in [1.165, 1.54) is 0 Å². The molecule has 0 bridgehead atoms. The minimum Gasteiger partial charge on any atom is -0.258 e. The largest absolute Gasteiger partial charge is 0.298 e. The van der Waals surface area contributed by atoms with Crippen molar-refractivity contribution in [3.05, 3.63) is 35.7 Å². The highest BCUT2D eigenvalue weighted by Gasteiger charge is 2.18. The van der Waals surface area contributed by atoms with E-state index in [4.69, 9.17) is 0 Å². The molecule has 1 aromatic carbocycles. The number of hydrogen-bond donors (Lipinski definition) is 0. The Labute approximate surface area is 93.7 Å². The first-order valence-electron chi connectivity index (χ1n) is 2.82. The van der Waals surface area contributed by atoms with Gasteiger partial charge in [0.1, 0.15) is 4.47 Å². The molecule has 0 amide bonds. The second-order valence-electron chi connectivity index (χ2n) is 1.95. The van der Waals surface area contributed by atoms with Gasteiger partial charge in [-0.25, -0.2) is 0 Å². The van der Waals surface area contributed by atoms with Gasteiger partial charge >= 0.3 is 0 Å². The minimum atomic E-state index is -0.446. The van der Waals surface area contributed by atoms with Gasteiger partial charge in [0.25, 0.3) is 5.69 Å². The molecule has 0 atom stereocenters. The summed E-state index contributed by atoms with van der Waals surface area (Å²) in [5.74, 6) is 0. The van der Waals surface area contributed by atoms with Gasteiger partial charge in [0.2, 0.25) is 0 Å². The molecule has 12 heavy (non-hydrogen) atoms. The van der Waals surface area contributed by atoms with Crippen molar-refractivity contribution in [1.29, 1.82) is 0 Å². The number of nitro groups is 1. The van der Waals surface area contributed by atoms with Gasteiger partial charge in [-0.05, 0) is 59.9 Å². The molecule has 0 saturated heterocycles. The normalized spacial score (nSPS) is 9.92. The third kappa shape index (κ3) is 1.86. The third-order valence-electron chi connectivity index (χ3n) is 1.20. The Kier molecular flexibility index (Phi) is 3.25. The lowest BCUT2D eigenvalue weighted by Gasteiger charge is -1.99. The van der Waals surface area contributed by atoms with E-state index in [0.717, 1.165) is 0 Å². The monoisotopic (exact) mass is 357 g/mol. The van der Waals surface area contributed by atoms with E-state index in [1.54, 1.807) is 12.1 Å². The Bertz CT molecular complexity index is 340. The van der Waals surface area contributed by atoms with Crippen LogP contribution in [0.1, 0.15) is 0 Å². The quantitative estimate of drug-likeness (QED) is 0.434. The molecule has 0 aromatic heterocycles. The van der Waals surface area contributed by atoms with Crippen LogP contribution in [0.15, 0.2) is 25.6 Å². The molecule has 0 radical (unpaired) electrons. The fraction of sp³-hybridized carbons (Fsp3) is 0. The molecule has 6 heteroatoms. The number of rotatable bonds is 1. The van der Waals surface area contributed by atoms with Gasteiger partial charge in [-0.15, -0.1) is 0 Å². The van der Waals surface area contributed by atoms with Crippen LogP contribution in [0.2, 0.25) is 0 Å². The fourth-order valence-electron chi connectivity index (χ4n) is 0.684. The van der Waals surface area contributed by atoms with E-state index >= 15 is 0 Å². The number of halogens is 3. The van der Waals surface area contributed by atoms with Crippen LogP contribution in [0.5, 0.6) is 0 Å². The van der Waals surface area contributed by atoms with Crippen LogP contribution in [0.3, 0.4) is 0 Å². The van der Waals surface area contributed by atoms with Crippen molar-refractivity contribution >= 4 is 53.5 Å². The average molecular weight is 360 g/mol. The highest BCUT2D eigenvalue weighted by atomic mass is 79.9. The van der Waals surface area contributed by atoms with Crippen molar-refractivity contribution in [2.45, 2.75) is 0 Å². The second-order valence-corrected chi connectivity index (χ2v) is 4.45. The van der Waals surface area contributed by atoms with Gasteiger partial charge < -0.3 is 0 Å². The minimum absolute atomic E-state index is 0.0318. The molecule has 0 N–H and O–H groups in total. The fourth-order valence-corrected chi connectivity index (χ4v) is 2.24. The first-order valence-corrected chi connectivity index (χ1v) is 5.20. The molecule has 1 aromatic rings. The van der Waals surface area contributed by atoms with Gasteiger partial charge in [-0.2, -0.15) is 0 Å². The van der Waals surface area contributed by atoms with Crippen molar-refractivity contribution in [2.24, 2.45) is 0 Å². The molecular weight excluding hydrogens is 358 g/mol. The van der Waals surface area contributed by atoms with Crippen molar-refractivity contribution in [1.82, 2.24) is 0 Å². The Morgan fingerprint density at radius 3 is 2.08 bits per heavy atom. The predicted molar refractivity (Wildman–Crippen MR) is 56.2 cm³/mol. The first kappa shape index (κ1) is 10.1. The molecule has 0 saturated carbocycles. The zero-order valence-electron chi connectivity index (χ0n) is 5.55. The second kappa shape index (κ2) is 3.85. The number of hydrogen-bond acceptors (Lipinski definition) is 2. The molecule has 64 valence electrons. The topological polar surface area (TPSA) is 43.1 Å². The van der Waals surface area contributed by atoms with Crippen molar-refractivity contribution in [2.75, 3.05) is 0 Å². The van der Waals surface area contributed by atoms with Gasteiger partial charge in [0.15, 0.2) is 0 Å². The molecule has 3 nitrogen and oxygen atoms in total. The Hall–Kier alpha value is 0.0600. The smallest absolute Gasteiger partial charge is 0.258 e. The zero-order chi connectivity index (χ0) is 9.30. The first-order chi connectivity index (χ1) is 5.54. The Morgan fingerprint density at radius 2 is 1.67 bits per heavy atom. The maximum atomic E-state index is 10.5. The van der Waals surface area contributed by atoms with Gasteiger partial charge in [-0.1, -0.05) is 0 Å². The molecular formula is C6H2Br3NO2. The third-order valence-corrected chi connectivity index (χ3v) is 3.84. The van der Waals surface area contributed by atoms with Crippen LogP contribution in [0, 0.1) is 10.1 Å². The lowest BCUT2D eigenvalue weighted by atomic mass is 10.3. The number of benzene rings is 1. The van der Waals surface area contributed by atoms with E-state index in [0.29, 0.717) is 13.4 Å². The van der Waals surface area contributed by atoms with Crippen LogP contribution in [-0.4, -0.2) is 4.92 Å². The van der Waals surface area contributed by atoms with E-state index in [-0.39, 0.29) is 5.69 Å². The molecule has 0 aliphatic carbocycles. The van der Waals surface area contributed by atoms with E-state index in [2.05, 4.69) is 47.8 Å². The maximum absolute atomic E-state index is 10.5. The number of nitro benzene ring substituents is 1. The molecule has 0 spiro atoms. The molecule has 0 aliphatic heterocycles. The summed E-state index contributed by atoms with van der Waals surface area (Å²) in [5, 5.41) is 10.5. The summed E-state index contributed by atoms with van der Waals surface area (Å²) in [5.41, 5.74) is 0.0318. The lowest BCUT2D eigenvalue weighted by Crippen LogP contribution is -1.91. The molecule has 0 unspecified atom stereocenters. The van der Waals surface area contributed by atoms with Crippen LogP contribution < -0.4 is 0 Å². The lowest BCUT2D eigenvalue weighted by molar-refractivity contribution is -0.386. The highest BCUT2D eigenvalue weighted by molar-refractivity contribution is 9.13. The summed E-state index contributed by atoms with van der Waals surface area (Å²) in [6.45, 7) is 0. The molecule has 1 rings (SSSR count). The summed E-state index contributed by atoms with van der Waals surface area (Å²) in [6, 6.07) is 3.34. The van der Waals surface area contributed by atoms with Crippen molar-refractivity contribution in [3.8, 4) is 0 Å². The SMILES string of the molecule is O=[N+]([O-])c1c(Br)ccc(Br)c1Br. The highest BCUT2D eigenvalue weighted by Crippen LogP contribution is 2.37. The van der Waals surface area contributed by atoms with Gasteiger partial charge in [0.05, 0.1) is 9.40 Å². The van der Waals surface area contributed by atoms with Crippen LogP contribution >= 0.6 is 47.8 Å². The summed E-state index contributed by atoms with van der Waals surface area (Å²) in [4.78, 5) is 10.1. The van der Waals surface area contributed by atoms with E-state index < -0.39 is 4.92 Å². The van der Waals surface area contributed by atoms with Crippen LogP contribution in [-0.2, 0) is 0 Å². The van der Waals surface area contributed by atoms with Crippen LogP contribution in [0.25, 0.3) is 0 Å². The number of nitrogens with zero attached hydrogens (tertiary/aromatic N) is 1. The van der Waals surface area contributed by atoms with Crippen molar-refractivity contribution in [3.63, 3.8) is 0 Å². The molecule has 0 fully saturated rings. The zero-order valence-corrected chi connectivity index (χ0v) is 10.3. The average Bonchev–Trinajstić information content (AvgIpc) is 1.97. The maximum Gasteiger partial charge on any atom is 0.298 e. The van der Waals surface area contributed by atoms with Gasteiger partial charge in [-0.3, -0.25) is 10.1 Å². The summed E-state index contributed by atoms with van der Waals surface area (Å²) in [7, 11) is 0. The standard InChI is InChI=1S/C6H2Br3NO2/c7-3-1-2-4(8)6(5(3)9)10(11)12/h1-2H. The van der Waals surface area contributed by atoms with E-state index in [1.807, 2.05) is 0 Å². The van der Waals surface area contributed by atoms with Crippen LogP contribution in [0.4, 0.5) is 5.69 Å².